The summed E-state index contributed by atoms with van der Waals surface area (Å²) in [5, 5.41) is 6.42. The second kappa shape index (κ2) is 15.9. The molecule has 0 aliphatic carbocycles. The zero-order chi connectivity index (χ0) is 14.6. The third kappa shape index (κ3) is 11.5. The van der Waals surface area contributed by atoms with Crippen LogP contribution in [0.5, 0.6) is 0 Å². The number of piperidine rings is 1. The van der Waals surface area contributed by atoms with Crippen LogP contribution in [0.3, 0.4) is 0 Å². The van der Waals surface area contributed by atoms with Crippen molar-refractivity contribution in [3.05, 3.63) is 0 Å². The molecule has 1 rings (SSSR count). The molecule has 0 aromatic heterocycles. The maximum Gasteiger partial charge on any atom is 0.220 e. The summed E-state index contributed by atoms with van der Waals surface area (Å²) >= 11 is 0. The Kier molecular flexibility index (Phi) is 17.5. The summed E-state index contributed by atoms with van der Waals surface area (Å²) in [7, 11) is 0. The van der Waals surface area contributed by atoms with Crippen molar-refractivity contribution in [3.63, 3.8) is 0 Å². The number of hydrogen-bond donors (Lipinski definition) is 2. The zero-order valence-corrected chi connectivity index (χ0v) is 15.9. The van der Waals surface area contributed by atoms with E-state index in [-0.39, 0.29) is 30.7 Å². The molecule has 1 heterocycles. The second-order valence-corrected chi connectivity index (χ2v) is 5.82. The van der Waals surface area contributed by atoms with Crippen LogP contribution in [0.1, 0.15) is 52.4 Å². The minimum atomic E-state index is 0. The first-order valence-corrected chi connectivity index (χ1v) is 8.46. The van der Waals surface area contributed by atoms with Gasteiger partial charge < -0.3 is 15.5 Å². The summed E-state index contributed by atoms with van der Waals surface area (Å²) in [5.41, 5.74) is 0. The van der Waals surface area contributed by atoms with Gasteiger partial charge in [0.2, 0.25) is 5.91 Å². The number of carbonyl (C=O) groups excluding carboxylic acids is 1. The van der Waals surface area contributed by atoms with Crippen LogP contribution in [-0.2, 0) is 4.79 Å². The van der Waals surface area contributed by atoms with Crippen molar-refractivity contribution in [2.75, 3.05) is 39.3 Å². The topological polar surface area (TPSA) is 44.4 Å². The molecule has 0 radical (unpaired) electrons. The third-order valence-electron chi connectivity index (χ3n) is 4.36. The molecule has 1 aliphatic heterocycles. The lowest BCUT2D eigenvalue weighted by atomic mass is 9.93. The summed E-state index contributed by atoms with van der Waals surface area (Å²) < 4.78 is 0. The Labute approximate surface area is 149 Å². The zero-order valence-electron chi connectivity index (χ0n) is 14.2. The Morgan fingerprint density at radius 3 is 2.36 bits per heavy atom. The van der Waals surface area contributed by atoms with Gasteiger partial charge in [0, 0.05) is 13.0 Å². The molecule has 0 saturated carbocycles. The minimum Gasteiger partial charge on any atom is -0.356 e. The summed E-state index contributed by atoms with van der Waals surface area (Å²) in [4.78, 5) is 14.2. The van der Waals surface area contributed by atoms with Gasteiger partial charge in [-0.25, -0.2) is 0 Å². The fourth-order valence-electron chi connectivity index (χ4n) is 2.82. The molecule has 6 heteroatoms. The lowest BCUT2D eigenvalue weighted by Crippen LogP contribution is -2.30. The molecule has 1 fully saturated rings. The predicted molar refractivity (Wildman–Crippen MR) is 99.4 cm³/mol. The van der Waals surface area contributed by atoms with Gasteiger partial charge in [0.15, 0.2) is 0 Å². The molecule has 22 heavy (non-hydrogen) atoms. The Bertz CT molecular complexity index is 258. The Hall–Kier alpha value is -0.0300. The largest absolute Gasteiger partial charge is 0.356 e. The minimum absolute atomic E-state index is 0. The van der Waals surface area contributed by atoms with E-state index in [0.29, 0.717) is 6.42 Å². The lowest BCUT2D eigenvalue weighted by molar-refractivity contribution is -0.121. The molecule has 0 atom stereocenters. The van der Waals surface area contributed by atoms with Gasteiger partial charge in [0.1, 0.15) is 0 Å². The fourth-order valence-corrected chi connectivity index (χ4v) is 2.82. The Morgan fingerprint density at radius 1 is 1.14 bits per heavy atom. The van der Waals surface area contributed by atoms with Gasteiger partial charge in [-0.15, -0.1) is 24.8 Å². The van der Waals surface area contributed by atoms with Crippen LogP contribution in [0.2, 0.25) is 0 Å². The monoisotopic (exact) mass is 355 g/mol. The summed E-state index contributed by atoms with van der Waals surface area (Å²) in [5.74, 6) is 0.996. The van der Waals surface area contributed by atoms with E-state index in [4.69, 9.17) is 0 Å². The standard InChI is InChI=1S/C16H33N3O.2ClH/c1-3-19(4-2)14-6-5-11-18-16(20)8-7-15-9-12-17-13-10-15;;/h15,17H,3-14H2,1-2H3,(H,18,20);2*1H. The van der Waals surface area contributed by atoms with E-state index < -0.39 is 0 Å². The smallest absolute Gasteiger partial charge is 0.220 e. The van der Waals surface area contributed by atoms with Crippen LogP contribution in [0, 0.1) is 5.92 Å². The molecule has 2 N–H and O–H groups in total. The number of halogens is 2. The first kappa shape index (κ1) is 24.2. The molecule has 0 unspecified atom stereocenters. The number of nitrogens with one attached hydrogen (secondary N) is 2. The van der Waals surface area contributed by atoms with Crippen molar-refractivity contribution in [2.24, 2.45) is 5.92 Å². The summed E-state index contributed by atoms with van der Waals surface area (Å²) in [6.07, 6.45) is 6.51. The highest BCUT2D eigenvalue weighted by atomic mass is 35.5. The van der Waals surface area contributed by atoms with E-state index in [0.717, 1.165) is 58.0 Å². The van der Waals surface area contributed by atoms with Crippen molar-refractivity contribution in [1.29, 1.82) is 0 Å². The van der Waals surface area contributed by atoms with Crippen LogP contribution in [0.4, 0.5) is 0 Å². The van der Waals surface area contributed by atoms with Gasteiger partial charge in [0.05, 0.1) is 0 Å². The van der Waals surface area contributed by atoms with Gasteiger partial charge in [-0.3, -0.25) is 4.79 Å². The van der Waals surface area contributed by atoms with Crippen LogP contribution >= 0.6 is 24.8 Å². The molecule has 0 bridgehead atoms. The van der Waals surface area contributed by atoms with E-state index in [1.54, 1.807) is 0 Å². The highest BCUT2D eigenvalue weighted by Crippen LogP contribution is 2.17. The van der Waals surface area contributed by atoms with Gasteiger partial charge in [-0.2, -0.15) is 0 Å². The number of unbranched alkanes of at least 4 members (excludes halogenated alkanes) is 1. The summed E-state index contributed by atoms with van der Waals surface area (Å²) in [6.45, 7) is 10.9. The SMILES string of the molecule is CCN(CC)CCCCNC(=O)CCC1CCNCC1.Cl.Cl. The quantitative estimate of drug-likeness (QED) is 0.592. The highest BCUT2D eigenvalue weighted by Gasteiger charge is 2.14. The average molecular weight is 356 g/mol. The maximum absolute atomic E-state index is 11.8. The van der Waals surface area contributed by atoms with Crippen molar-refractivity contribution in [3.8, 4) is 0 Å². The number of carbonyl (C=O) groups is 1. The highest BCUT2D eigenvalue weighted by molar-refractivity contribution is 5.85. The molecule has 1 amide bonds. The van der Waals surface area contributed by atoms with E-state index in [1.807, 2.05) is 0 Å². The summed E-state index contributed by atoms with van der Waals surface area (Å²) in [6, 6.07) is 0. The van der Waals surface area contributed by atoms with Crippen molar-refractivity contribution in [1.82, 2.24) is 15.5 Å². The maximum atomic E-state index is 11.8. The van der Waals surface area contributed by atoms with E-state index in [9.17, 15) is 4.79 Å². The molecule has 134 valence electrons. The molecular formula is C16H35Cl2N3O. The lowest BCUT2D eigenvalue weighted by Gasteiger charge is -2.22. The van der Waals surface area contributed by atoms with Crippen molar-refractivity contribution < 1.29 is 4.79 Å². The van der Waals surface area contributed by atoms with Crippen LogP contribution in [-0.4, -0.2) is 50.1 Å². The van der Waals surface area contributed by atoms with E-state index >= 15 is 0 Å². The molecule has 0 aromatic carbocycles. The third-order valence-corrected chi connectivity index (χ3v) is 4.36. The molecular weight excluding hydrogens is 321 g/mol. The Morgan fingerprint density at radius 2 is 1.77 bits per heavy atom. The number of rotatable bonds is 10. The first-order chi connectivity index (χ1) is 9.76. The molecule has 0 aromatic rings. The van der Waals surface area contributed by atoms with Gasteiger partial charge in [0.25, 0.3) is 0 Å². The average Bonchev–Trinajstić information content (AvgIpc) is 2.50. The van der Waals surface area contributed by atoms with Crippen molar-refractivity contribution in [2.45, 2.75) is 52.4 Å². The van der Waals surface area contributed by atoms with Crippen molar-refractivity contribution >= 4 is 30.7 Å². The van der Waals surface area contributed by atoms with Gasteiger partial charge in [-0.05, 0) is 70.7 Å². The number of nitrogens with zero attached hydrogens (tertiary/aromatic N) is 1. The molecule has 0 spiro atoms. The molecule has 1 aliphatic rings. The van der Waals surface area contributed by atoms with Crippen LogP contribution < -0.4 is 10.6 Å². The van der Waals surface area contributed by atoms with E-state index in [1.165, 1.54) is 19.3 Å². The molecule has 4 nitrogen and oxygen atoms in total. The van der Waals surface area contributed by atoms with Crippen LogP contribution in [0.25, 0.3) is 0 Å². The van der Waals surface area contributed by atoms with Gasteiger partial charge >= 0.3 is 0 Å². The first-order valence-electron chi connectivity index (χ1n) is 8.46. The van der Waals surface area contributed by atoms with E-state index in [2.05, 4.69) is 29.4 Å². The molecule has 1 saturated heterocycles. The fraction of sp³-hybridized carbons (Fsp3) is 0.938. The van der Waals surface area contributed by atoms with Gasteiger partial charge in [-0.1, -0.05) is 13.8 Å². The van der Waals surface area contributed by atoms with Crippen LogP contribution in [0.15, 0.2) is 0 Å². The number of amides is 1. The Balaban J connectivity index is 0. The second-order valence-electron chi connectivity index (χ2n) is 5.82. The number of hydrogen-bond acceptors (Lipinski definition) is 3. The predicted octanol–water partition coefficient (Wildman–Crippen LogP) is 2.85. The normalized spacial score (nSPS) is 15.0.